The van der Waals surface area contributed by atoms with Gasteiger partial charge in [-0.15, -0.1) is 10.2 Å². The first kappa shape index (κ1) is 19.6. The molecule has 0 N–H and O–H groups in total. The number of thioether (sulfide) groups is 1. The predicted molar refractivity (Wildman–Crippen MR) is 105 cm³/mol. The lowest BCUT2D eigenvalue weighted by Crippen LogP contribution is -2.23. The largest absolute Gasteiger partial charge is 0.467 e. The minimum absolute atomic E-state index is 0.136. The molecule has 3 aromatic rings. The fraction of sp³-hybridized carbons (Fsp3) is 0.350. The molecule has 0 aliphatic carbocycles. The van der Waals surface area contributed by atoms with Crippen molar-refractivity contribution in [3.63, 3.8) is 0 Å². The summed E-state index contributed by atoms with van der Waals surface area (Å²) in [6, 6.07) is 6.65. The Kier molecular flexibility index (Phi) is 5.66. The van der Waals surface area contributed by atoms with Crippen LogP contribution in [0.25, 0.3) is 0 Å². The summed E-state index contributed by atoms with van der Waals surface area (Å²) in [6.45, 7) is 3.91. The number of rotatable bonds is 7. The highest BCUT2D eigenvalue weighted by Gasteiger charge is 2.26. The van der Waals surface area contributed by atoms with Crippen molar-refractivity contribution in [1.82, 2.24) is 14.8 Å². The standard InChI is InChI=1S/C20H20F2N4O2S/c1-13(18(27)16-7-6-14(21)11-17(16)22)29-20-24-23-19(25-8-2-3-9-25)26(20)12-15-5-4-10-28-15/h4-7,10-11,13H,2-3,8-9,12H2,1H3. The highest BCUT2D eigenvalue weighted by atomic mass is 32.2. The van der Waals surface area contributed by atoms with Crippen molar-refractivity contribution in [2.45, 2.75) is 36.7 Å². The number of hydrogen-bond donors (Lipinski definition) is 0. The zero-order chi connectivity index (χ0) is 20.4. The van der Waals surface area contributed by atoms with Crippen LogP contribution >= 0.6 is 11.8 Å². The molecule has 0 bridgehead atoms. The van der Waals surface area contributed by atoms with Gasteiger partial charge in [-0.25, -0.2) is 8.78 Å². The molecule has 4 rings (SSSR count). The topological polar surface area (TPSA) is 64.2 Å². The molecule has 0 radical (unpaired) electrons. The van der Waals surface area contributed by atoms with E-state index in [1.807, 2.05) is 16.7 Å². The maximum atomic E-state index is 14.0. The average Bonchev–Trinajstić information content (AvgIpc) is 3.44. The molecule has 1 saturated heterocycles. The maximum absolute atomic E-state index is 14.0. The molecule has 0 amide bonds. The number of carbonyl (C=O) groups is 1. The molecule has 1 unspecified atom stereocenters. The Labute approximate surface area is 170 Å². The van der Waals surface area contributed by atoms with Gasteiger partial charge in [-0.1, -0.05) is 11.8 Å². The van der Waals surface area contributed by atoms with E-state index in [9.17, 15) is 13.6 Å². The Morgan fingerprint density at radius 2 is 2.03 bits per heavy atom. The van der Waals surface area contributed by atoms with E-state index in [2.05, 4.69) is 15.1 Å². The van der Waals surface area contributed by atoms with Crippen molar-refractivity contribution < 1.29 is 18.0 Å². The zero-order valence-corrected chi connectivity index (χ0v) is 16.7. The van der Waals surface area contributed by atoms with E-state index >= 15 is 0 Å². The van der Waals surface area contributed by atoms with Crippen LogP contribution in [0.1, 0.15) is 35.9 Å². The van der Waals surface area contributed by atoms with Gasteiger partial charge in [0.2, 0.25) is 5.95 Å². The average molecular weight is 418 g/mol. The Bertz CT molecular complexity index is 1000. The molecular weight excluding hydrogens is 398 g/mol. The fourth-order valence-electron chi connectivity index (χ4n) is 3.34. The number of aromatic nitrogens is 3. The molecule has 0 spiro atoms. The smallest absolute Gasteiger partial charge is 0.228 e. The van der Waals surface area contributed by atoms with E-state index in [0.717, 1.165) is 49.8 Å². The van der Waals surface area contributed by atoms with Gasteiger partial charge < -0.3 is 9.32 Å². The summed E-state index contributed by atoms with van der Waals surface area (Å²) in [5.41, 5.74) is -0.136. The monoisotopic (exact) mass is 418 g/mol. The Morgan fingerprint density at radius 3 is 2.72 bits per heavy atom. The number of halogens is 2. The number of ketones is 1. The number of hydrogen-bond acceptors (Lipinski definition) is 6. The number of nitrogens with zero attached hydrogens (tertiary/aromatic N) is 4. The Morgan fingerprint density at radius 1 is 1.24 bits per heavy atom. The lowest BCUT2D eigenvalue weighted by atomic mass is 10.1. The van der Waals surface area contributed by atoms with Crippen molar-refractivity contribution >= 4 is 23.5 Å². The lowest BCUT2D eigenvalue weighted by Gasteiger charge is -2.18. The summed E-state index contributed by atoms with van der Waals surface area (Å²) in [7, 11) is 0. The third kappa shape index (κ3) is 4.19. The molecule has 1 aliphatic heterocycles. The van der Waals surface area contributed by atoms with Crippen LogP contribution in [0.2, 0.25) is 0 Å². The Hall–Kier alpha value is -2.68. The molecule has 1 atom stereocenters. The van der Waals surface area contributed by atoms with E-state index in [0.29, 0.717) is 11.7 Å². The quantitative estimate of drug-likeness (QED) is 0.424. The summed E-state index contributed by atoms with van der Waals surface area (Å²) in [6.07, 6.45) is 3.79. The maximum Gasteiger partial charge on any atom is 0.228 e. The second kappa shape index (κ2) is 8.36. The van der Waals surface area contributed by atoms with Crippen molar-refractivity contribution in [2.24, 2.45) is 0 Å². The van der Waals surface area contributed by atoms with Crippen molar-refractivity contribution in [1.29, 1.82) is 0 Å². The first-order valence-electron chi connectivity index (χ1n) is 9.39. The Balaban J connectivity index is 1.59. The van der Waals surface area contributed by atoms with Crippen LogP contribution in [-0.4, -0.2) is 38.9 Å². The lowest BCUT2D eigenvalue weighted by molar-refractivity contribution is 0.0990. The van der Waals surface area contributed by atoms with Crippen molar-refractivity contribution in [3.8, 4) is 0 Å². The van der Waals surface area contributed by atoms with Gasteiger partial charge in [0, 0.05) is 19.2 Å². The highest BCUT2D eigenvalue weighted by Crippen LogP contribution is 2.30. The SMILES string of the molecule is CC(Sc1nnc(N2CCCC2)n1Cc1ccco1)C(=O)c1ccc(F)cc1F. The molecule has 1 aromatic carbocycles. The molecule has 29 heavy (non-hydrogen) atoms. The molecule has 2 aromatic heterocycles. The third-order valence-corrected chi connectivity index (χ3v) is 5.91. The zero-order valence-electron chi connectivity index (χ0n) is 15.8. The summed E-state index contributed by atoms with van der Waals surface area (Å²) >= 11 is 1.20. The molecule has 9 heteroatoms. The van der Waals surface area contributed by atoms with Gasteiger partial charge in [0.15, 0.2) is 10.9 Å². The number of anilines is 1. The van der Waals surface area contributed by atoms with E-state index < -0.39 is 22.7 Å². The minimum Gasteiger partial charge on any atom is -0.467 e. The number of carbonyl (C=O) groups excluding carboxylic acids is 1. The van der Waals surface area contributed by atoms with Gasteiger partial charge in [-0.3, -0.25) is 9.36 Å². The van der Waals surface area contributed by atoms with E-state index in [1.54, 1.807) is 13.2 Å². The molecule has 1 fully saturated rings. The van der Waals surface area contributed by atoms with Crippen LogP contribution in [0, 0.1) is 11.6 Å². The van der Waals surface area contributed by atoms with Gasteiger partial charge in [0.25, 0.3) is 0 Å². The van der Waals surface area contributed by atoms with Gasteiger partial charge in [-0.05, 0) is 44.0 Å². The second-order valence-corrected chi connectivity index (χ2v) is 8.20. The molecule has 152 valence electrons. The van der Waals surface area contributed by atoms with Gasteiger partial charge in [-0.2, -0.15) is 0 Å². The first-order chi connectivity index (χ1) is 14.0. The molecular formula is C20H20F2N4O2S. The number of benzene rings is 1. The van der Waals surface area contributed by atoms with Crippen LogP contribution in [0.3, 0.4) is 0 Å². The van der Waals surface area contributed by atoms with Gasteiger partial charge in [0.05, 0.1) is 23.6 Å². The van der Waals surface area contributed by atoms with Crippen LogP contribution in [-0.2, 0) is 6.54 Å². The number of furan rings is 1. The van der Waals surface area contributed by atoms with E-state index in [4.69, 9.17) is 4.42 Å². The third-order valence-electron chi connectivity index (χ3n) is 4.83. The van der Waals surface area contributed by atoms with Crippen LogP contribution in [0.5, 0.6) is 0 Å². The van der Waals surface area contributed by atoms with Crippen LogP contribution in [0.15, 0.2) is 46.2 Å². The van der Waals surface area contributed by atoms with Crippen molar-refractivity contribution in [2.75, 3.05) is 18.0 Å². The first-order valence-corrected chi connectivity index (χ1v) is 10.3. The van der Waals surface area contributed by atoms with Gasteiger partial charge >= 0.3 is 0 Å². The van der Waals surface area contributed by atoms with Crippen LogP contribution < -0.4 is 4.90 Å². The number of Topliss-reactive ketones (excluding diaryl/α,β-unsaturated/α-hetero) is 1. The highest BCUT2D eigenvalue weighted by molar-refractivity contribution is 8.00. The summed E-state index contributed by atoms with van der Waals surface area (Å²) in [4.78, 5) is 14.9. The summed E-state index contributed by atoms with van der Waals surface area (Å²) in [5, 5.41) is 8.54. The van der Waals surface area contributed by atoms with Crippen molar-refractivity contribution in [3.05, 3.63) is 59.6 Å². The normalized spacial score (nSPS) is 15.1. The minimum atomic E-state index is -0.864. The molecule has 1 aliphatic rings. The van der Waals surface area contributed by atoms with Crippen LogP contribution in [0.4, 0.5) is 14.7 Å². The predicted octanol–water partition coefficient (Wildman–Crippen LogP) is 4.16. The van der Waals surface area contributed by atoms with E-state index in [1.165, 1.54) is 17.8 Å². The molecule has 0 saturated carbocycles. The summed E-state index contributed by atoms with van der Waals surface area (Å²) in [5.74, 6) is -0.530. The second-order valence-electron chi connectivity index (χ2n) is 6.89. The fourth-order valence-corrected chi connectivity index (χ4v) is 4.25. The van der Waals surface area contributed by atoms with Gasteiger partial charge in [0.1, 0.15) is 17.4 Å². The van der Waals surface area contributed by atoms with E-state index in [-0.39, 0.29) is 5.56 Å². The molecule has 3 heterocycles. The summed E-state index contributed by atoms with van der Waals surface area (Å²) < 4.78 is 34.6. The molecule has 6 nitrogen and oxygen atoms in total.